The molecule has 0 aliphatic carbocycles. The van der Waals surface area contributed by atoms with E-state index in [1.807, 2.05) is 4.83 Å². The van der Waals surface area contributed by atoms with E-state index in [2.05, 4.69) is 5.43 Å². The van der Waals surface area contributed by atoms with E-state index < -0.39 is 20.9 Å². The van der Waals surface area contributed by atoms with Crippen molar-refractivity contribution < 1.29 is 27.6 Å². The van der Waals surface area contributed by atoms with Gasteiger partial charge >= 0.3 is 0 Å². The molecule has 0 unspecified atom stereocenters. The molecule has 2 aromatic carbocycles. The highest BCUT2D eigenvalue weighted by Crippen LogP contribution is 2.30. The molecule has 10 nitrogen and oxygen atoms in total. The van der Waals surface area contributed by atoms with Crippen molar-refractivity contribution in [2.75, 3.05) is 13.2 Å². The number of carbonyl (C=O) groups is 1. The van der Waals surface area contributed by atoms with Crippen LogP contribution in [0.25, 0.3) is 0 Å². The second kappa shape index (κ2) is 7.21. The minimum Gasteiger partial charge on any atom is -0.486 e. The third-order valence-corrected chi connectivity index (χ3v) is 5.24. The van der Waals surface area contributed by atoms with E-state index in [1.165, 1.54) is 37.3 Å². The van der Waals surface area contributed by atoms with Gasteiger partial charge in [-0.2, -0.15) is 0 Å². The molecule has 1 heterocycles. The predicted octanol–water partition coefficient (Wildman–Crippen LogP) is 1.30. The van der Waals surface area contributed by atoms with E-state index in [-0.39, 0.29) is 21.7 Å². The number of sulfonamides is 1. The van der Waals surface area contributed by atoms with Crippen molar-refractivity contribution >= 4 is 21.6 Å². The third kappa shape index (κ3) is 3.83. The fraction of sp³-hybridized carbons (Fsp3) is 0.188. The van der Waals surface area contributed by atoms with E-state index in [9.17, 15) is 23.3 Å². The van der Waals surface area contributed by atoms with E-state index >= 15 is 0 Å². The lowest BCUT2D eigenvalue weighted by Crippen LogP contribution is -2.41. The average Bonchev–Trinajstić information content (AvgIpc) is 2.65. The molecular weight excluding hydrogens is 378 g/mol. The van der Waals surface area contributed by atoms with Crippen LogP contribution in [-0.2, 0) is 10.0 Å². The van der Waals surface area contributed by atoms with Crippen LogP contribution in [0.5, 0.6) is 11.5 Å². The Labute approximate surface area is 154 Å². The van der Waals surface area contributed by atoms with Crippen molar-refractivity contribution in [3.8, 4) is 11.5 Å². The largest absolute Gasteiger partial charge is 0.486 e. The quantitative estimate of drug-likeness (QED) is 0.577. The maximum Gasteiger partial charge on any atom is 0.273 e. The Hall–Kier alpha value is -3.18. The summed E-state index contributed by atoms with van der Waals surface area (Å²) in [5.41, 5.74) is 1.85. The fourth-order valence-electron chi connectivity index (χ4n) is 2.52. The summed E-state index contributed by atoms with van der Waals surface area (Å²) in [6.45, 7) is 2.06. The SMILES string of the molecule is Cc1c([N+](=O)[O-])cccc1S(=O)(=O)NNC(=O)c1ccc2c(c1)OCCO2. The number of nitrogens with zero attached hydrogens (tertiary/aromatic N) is 1. The molecule has 11 heteroatoms. The van der Waals surface area contributed by atoms with Crippen LogP contribution in [0.1, 0.15) is 15.9 Å². The zero-order chi connectivity index (χ0) is 19.6. The number of hydrogen-bond acceptors (Lipinski definition) is 7. The first-order chi connectivity index (χ1) is 12.8. The van der Waals surface area contributed by atoms with Gasteiger partial charge in [0.15, 0.2) is 11.5 Å². The number of nitrogens with one attached hydrogen (secondary N) is 2. The first-order valence-electron chi connectivity index (χ1n) is 7.75. The van der Waals surface area contributed by atoms with Crippen LogP contribution in [0.2, 0.25) is 0 Å². The third-order valence-electron chi connectivity index (χ3n) is 3.85. The second-order valence-electron chi connectivity index (χ2n) is 5.58. The monoisotopic (exact) mass is 393 g/mol. The summed E-state index contributed by atoms with van der Waals surface area (Å²) < 4.78 is 35.5. The molecule has 1 amide bonds. The summed E-state index contributed by atoms with van der Waals surface area (Å²) in [5, 5.41) is 11.0. The van der Waals surface area contributed by atoms with Crippen molar-refractivity contribution in [1.82, 2.24) is 10.3 Å². The number of ether oxygens (including phenoxy) is 2. The first kappa shape index (κ1) is 18.6. The summed E-state index contributed by atoms with van der Waals surface area (Å²) in [7, 11) is -4.21. The van der Waals surface area contributed by atoms with Crippen LogP contribution in [-0.4, -0.2) is 32.5 Å². The van der Waals surface area contributed by atoms with Gasteiger partial charge in [0.1, 0.15) is 13.2 Å². The highest BCUT2D eigenvalue weighted by molar-refractivity contribution is 7.89. The highest BCUT2D eigenvalue weighted by atomic mass is 32.2. The molecule has 2 aromatic rings. The van der Waals surface area contributed by atoms with Gasteiger partial charge in [-0.3, -0.25) is 20.3 Å². The number of rotatable bonds is 5. The van der Waals surface area contributed by atoms with Gasteiger partial charge in [-0.15, -0.1) is 4.83 Å². The molecule has 0 radical (unpaired) electrons. The number of benzene rings is 2. The summed E-state index contributed by atoms with van der Waals surface area (Å²) in [5.74, 6) is 0.149. The van der Waals surface area contributed by atoms with Gasteiger partial charge in [0, 0.05) is 17.2 Å². The molecule has 0 saturated carbocycles. The van der Waals surface area contributed by atoms with Gasteiger partial charge in [0.2, 0.25) is 0 Å². The summed E-state index contributed by atoms with van der Waals surface area (Å²) in [6.07, 6.45) is 0. The van der Waals surface area contributed by atoms with E-state index in [0.717, 1.165) is 0 Å². The molecule has 3 rings (SSSR count). The van der Waals surface area contributed by atoms with Crippen LogP contribution in [0, 0.1) is 17.0 Å². The van der Waals surface area contributed by atoms with Gasteiger partial charge in [0.25, 0.3) is 21.6 Å². The highest BCUT2D eigenvalue weighted by Gasteiger charge is 2.24. The lowest BCUT2D eigenvalue weighted by Gasteiger charge is -2.18. The van der Waals surface area contributed by atoms with Gasteiger partial charge < -0.3 is 9.47 Å². The Balaban J connectivity index is 1.77. The average molecular weight is 393 g/mol. The van der Waals surface area contributed by atoms with Gasteiger partial charge in [-0.25, -0.2) is 8.42 Å². The molecule has 0 aromatic heterocycles. The van der Waals surface area contributed by atoms with Crippen molar-refractivity contribution in [2.45, 2.75) is 11.8 Å². The number of fused-ring (bicyclic) bond motifs is 1. The van der Waals surface area contributed by atoms with Crippen LogP contribution in [0.3, 0.4) is 0 Å². The number of carbonyl (C=O) groups excluding carboxylic acids is 1. The Kier molecular flexibility index (Phi) is 4.97. The first-order valence-corrected chi connectivity index (χ1v) is 9.24. The Morgan fingerprint density at radius 3 is 2.56 bits per heavy atom. The fourth-order valence-corrected chi connectivity index (χ4v) is 3.62. The molecule has 2 N–H and O–H groups in total. The molecule has 27 heavy (non-hydrogen) atoms. The van der Waals surface area contributed by atoms with Crippen molar-refractivity contribution in [1.29, 1.82) is 0 Å². The maximum atomic E-state index is 12.4. The molecule has 0 spiro atoms. The molecule has 1 aliphatic heterocycles. The van der Waals surface area contributed by atoms with E-state index in [0.29, 0.717) is 24.7 Å². The topological polar surface area (TPSA) is 137 Å². The molecule has 1 aliphatic rings. The van der Waals surface area contributed by atoms with Crippen LogP contribution in [0.15, 0.2) is 41.3 Å². The van der Waals surface area contributed by atoms with Crippen molar-refractivity contribution in [3.63, 3.8) is 0 Å². The van der Waals surface area contributed by atoms with Crippen LogP contribution in [0.4, 0.5) is 5.69 Å². The number of hydrazine groups is 1. The van der Waals surface area contributed by atoms with Crippen LogP contribution >= 0.6 is 0 Å². The number of nitro benzene ring substituents is 1. The Morgan fingerprint density at radius 2 is 1.85 bits per heavy atom. The van der Waals surface area contributed by atoms with E-state index in [1.54, 1.807) is 6.07 Å². The molecule has 0 fully saturated rings. The van der Waals surface area contributed by atoms with Crippen LogP contribution < -0.4 is 19.7 Å². The zero-order valence-electron chi connectivity index (χ0n) is 14.1. The standard InChI is InChI=1S/C16H15N3O7S/c1-10-12(19(21)22)3-2-4-15(10)27(23,24)18-17-16(20)11-5-6-13-14(9-11)26-8-7-25-13/h2-6,9,18H,7-8H2,1H3,(H,17,20). The summed E-state index contributed by atoms with van der Waals surface area (Å²) in [6, 6.07) is 8.08. The number of amides is 1. The minimum absolute atomic E-state index is 0.0384. The van der Waals surface area contributed by atoms with E-state index in [4.69, 9.17) is 9.47 Å². The predicted molar refractivity (Wildman–Crippen MR) is 93.1 cm³/mol. The van der Waals surface area contributed by atoms with Gasteiger partial charge in [-0.05, 0) is 31.2 Å². The normalized spacial score (nSPS) is 13.1. The summed E-state index contributed by atoms with van der Waals surface area (Å²) >= 11 is 0. The molecule has 0 bridgehead atoms. The second-order valence-corrected chi connectivity index (χ2v) is 7.23. The summed E-state index contributed by atoms with van der Waals surface area (Å²) in [4.78, 5) is 24.1. The minimum atomic E-state index is -4.21. The van der Waals surface area contributed by atoms with Gasteiger partial charge in [-0.1, -0.05) is 6.07 Å². The Bertz CT molecular complexity index is 1020. The molecule has 142 valence electrons. The zero-order valence-corrected chi connectivity index (χ0v) is 14.9. The molecular formula is C16H15N3O7S. The smallest absolute Gasteiger partial charge is 0.273 e. The van der Waals surface area contributed by atoms with Crippen molar-refractivity contribution in [3.05, 3.63) is 57.6 Å². The molecule has 0 saturated heterocycles. The number of hydrogen-bond donors (Lipinski definition) is 2. The molecule has 0 atom stereocenters. The Morgan fingerprint density at radius 1 is 1.15 bits per heavy atom. The van der Waals surface area contributed by atoms with Gasteiger partial charge in [0.05, 0.1) is 9.82 Å². The lowest BCUT2D eigenvalue weighted by molar-refractivity contribution is -0.385. The maximum absolute atomic E-state index is 12.4. The lowest BCUT2D eigenvalue weighted by atomic mass is 10.2. The van der Waals surface area contributed by atoms with Crippen molar-refractivity contribution in [2.24, 2.45) is 0 Å². The number of nitro groups is 1.